The zero-order valence-corrected chi connectivity index (χ0v) is 15.2. The Kier molecular flexibility index (Phi) is 7.38. The quantitative estimate of drug-likeness (QED) is 0.754. The van der Waals surface area contributed by atoms with Crippen molar-refractivity contribution in [1.29, 1.82) is 0 Å². The zero-order chi connectivity index (χ0) is 19.1. The Morgan fingerprint density at radius 3 is 2.54 bits per heavy atom. The topological polar surface area (TPSA) is 87.7 Å². The molecule has 6 nitrogen and oxygen atoms in total. The first-order valence-corrected chi connectivity index (χ1v) is 8.96. The molecule has 0 fully saturated rings. The highest BCUT2D eigenvalue weighted by atomic mass is 19.1. The summed E-state index contributed by atoms with van der Waals surface area (Å²) in [6.45, 7) is 3.07. The molecule has 3 atom stereocenters. The van der Waals surface area contributed by atoms with Gasteiger partial charge in [0.05, 0.1) is 12.6 Å². The average molecular weight is 366 g/mol. The molecule has 7 heteroatoms. The predicted molar refractivity (Wildman–Crippen MR) is 95.6 cm³/mol. The Balaban J connectivity index is 2.26. The van der Waals surface area contributed by atoms with E-state index in [0.29, 0.717) is 18.8 Å². The van der Waals surface area contributed by atoms with E-state index < -0.39 is 30.8 Å². The summed E-state index contributed by atoms with van der Waals surface area (Å²) >= 11 is 0. The van der Waals surface area contributed by atoms with Crippen LogP contribution >= 0.6 is 0 Å². The molecule has 2 bridgehead atoms. The van der Waals surface area contributed by atoms with Crippen LogP contribution in [0.25, 0.3) is 0 Å². The molecular weight excluding hydrogens is 339 g/mol. The maximum atomic E-state index is 13.1. The predicted octanol–water partition coefficient (Wildman–Crippen LogP) is 1.36. The summed E-state index contributed by atoms with van der Waals surface area (Å²) in [7, 11) is 0. The minimum Gasteiger partial charge on any atom is -0.494 e. The van der Waals surface area contributed by atoms with E-state index in [9.17, 15) is 19.1 Å². The lowest BCUT2D eigenvalue weighted by atomic mass is 9.99. The molecule has 0 aliphatic carbocycles. The van der Waals surface area contributed by atoms with Gasteiger partial charge in [0.2, 0.25) is 11.8 Å². The van der Waals surface area contributed by atoms with Crippen LogP contribution < -0.4 is 15.4 Å². The number of alkyl halides is 1. The van der Waals surface area contributed by atoms with Gasteiger partial charge in [-0.2, -0.15) is 0 Å². The van der Waals surface area contributed by atoms with Gasteiger partial charge in [-0.25, -0.2) is 4.39 Å². The van der Waals surface area contributed by atoms with E-state index in [2.05, 4.69) is 10.6 Å². The molecule has 2 heterocycles. The second-order valence-electron chi connectivity index (χ2n) is 6.93. The average Bonchev–Trinajstić information content (AvgIpc) is 2.63. The maximum absolute atomic E-state index is 13.1. The fraction of sp³-hybridized carbons (Fsp3) is 0.579. The summed E-state index contributed by atoms with van der Waals surface area (Å²) in [5.41, 5.74) is 0.843. The normalized spacial score (nSPS) is 23.4. The number of carbonyl (C=O) groups is 2. The van der Waals surface area contributed by atoms with Gasteiger partial charge in [0, 0.05) is 6.42 Å². The molecule has 2 aliphatic rings. The van der Waals surface area contributed by atoms with Gasteiger partial charge in [-0.3, -0.25) is 9.59 Å². The molecule has 0 saturated heterocycles. The zero-order valence-electron chi connectivity index (χ0n) is 15.2. The first-order valence-electron chi connectivity index (χ1n) is 8.96. The summed E-state index contributed by atoms with van der Waals surface area (Å²) < 4.78 is 18.7. The van der Waals surface area contributed by atoms with Crippen LogP contribution in [0, 0.1) is 5.92 Å². The molecule has 2 aliphatic heterocycles. The molecule has 1 aromatic carbocycles. The molecule has 2 amide bonds. The number of rotatable bonds is 3. The van der Waals surface area contributed by atoms with Crippen molar-refractivity contribution in [2.75, 3.05) is 13.3 Å². The molecule has 0 aromatic heterocycles. The highest BCUT2D eigenvalue weighted by molar-refractivity contribution is 5.88. The van der Waals surface area contributed by atoms with Crippen LogP contribution in [0.15, 0.2) is 24.3 Å². The van der Waals surface area contributed by atoms with Crippen molar-refractivity contribution in [1.82, 2.24) is 10.6 Å². The van der Waals surface area contributed by atoms with Crippen LogP contribution in [-0.4, -0.2) is 48.4 Å². The lowest BCUT2D eigenvalue weighted by molar-refractivity contribution is -0.131. The lowest BCUT2D eigenvalue weighted by Crippen LogP contribution is -2.55. The molecule has 3 N–H and O–H groups in total. The molecule has 26 heavy (non-hydrogen) atoms. The van der Waals surface area contributed by atoms with Crippen molar-refractivity contribution in [2.45, 2.75) is 51.3 Å². The van der Waals surface area contributed by atoms with Crippen LogP contribution in [0.3, 0.4) is 0 Å². The fourth-order valence-corrected chi connectivity index (χ4v) is 2.84. The molecule has 3 unspecified atom stereocenters. The third-order valence-electron chi connectivity index (χ3n) is 4.41. The summed E-state index contributed by atoms with van der Waals surface area (Å²) in [4.78, 5) is 24.8. The van der Waals surface area contributed by atoms with Crippen molar-refractivity contribution < 1.29 is 23.8 Å². The summed E-state index contributed by atoms with van der Waals surface area (Å²) in [6.07, 6.45) is -0.279. The van der Waals surface area contributed by atoms with E-state index in [4.69, 9.17) is 4.74 Å². The van der Waals surface area contributed by atoms with E-state index in [-0.39, 0.29) is 24.7 Å². The third kappa shape index (κ3) is 5.69. The Morgan fingerprint density at radius 1 is 1.23 bits per heavy atom. The van der Waals surface area contributed by atoms with Gasteiger partial charge >= 0.3 is 0 Å². The number of benzene rings is 1. The number of halogens is 1. The second kappa shape index (κ2) is 9.52. The van der Waals surface area contributed by atoms with Gasteiger partial charge in [-0.15, -0.1) is 0 Å². The van der Waals surface area contributed by atoms with Crippen molar-refractivity contribution in [3.8, 4) is 5.75 Å². The van der Waals surface area contributed by atoms with Crippen molar-refractivity contribution in [3.63, 3.8) is 0 Å². The lowest BCUT2D eigenvalue weighted by Gasteiger charge is -2.27. The number of nitrogens with one attached hydrogen (secondary N) is 2. The van der Waals surface area contributed by atoms with E-state index >= 15 is 0 Å². The Labute approximate surface area is 153 Å². The second-order valence-corrected chi connectivity index (χ2v) is 6.93. The Hall–Kier alpha value is -2.15. The largest absolute Gasteiger partial charge is 0.494 e. The van der Waals surface area contributed by atoms with E-state index in [1.165, 1.54) is 0 Å². The maximum Gasteiger partial charge on any atom is 0.243 e. The highest BCUT2D eigenvalue weighted by Crippen LogP contribution is 2.16. The van der Waals surface area contributed by atoms with Crippen molar-refractivity contribution in [3.05, 3.63) is 29.8 Å². The van der Waals surface area contributed by atoms with Crippen LogP contribution in [0.4, 0.5) is 4.39 Å². The van der Waals surface area contributed by atoms with E-state index in [1.807, 2.05) is 26.0 Å². The molecule has 144 valence electrons. The van der Waals surface area contributed by atoms with Crippen LogP contribution in [0.5, 0.6) is 5.75 Å². The van der Waals surface area contributed by atoms with Gasteiger partial charge < -0.3 is 20.5 Å². The monoisotopic (exact) mass is 366 g/mol. The molecule has 1 aromatic rings. The van der Waals surface area contributed by atoms with Gasteiger partial charge in [-0.1, -0.05) is 26.0 Å². The standard InChI is InChI=1S/C19H27FN2O4/c1-12(2)18-19(25)21-15(16(23)11-20)10-13-5-7-14(8-6-13)26-9-3-4-17(24)22-18/h5-8,12,15-16,18,23H,3-4,9-11H2,1-2H3,(H,21,25)(H,22,24). The number of hydrogen-bond acceptors (Lipinski definition) is 4. The van der Waals surface area contributed by atoms with E-state index in [0.717, 1.165) is 5.56 Å². The first-order chi connectivity index (χ1) is 12.4. The molecule has 0 saturated carbocycles. The number of aliphatic hydroxyl groups excluding tert-OH is 1. The molecule has 0 spiro atoms. The minimum absolute atomic E-state index is 0.145. The number of fused-ring (bicyclic) bond motifs is 12. The Bertz CT molecular complexity index is 606. The number of carbonyl (C=O) groups excluding carboxylic acids is 2. The summed E-state index contributed by atoms with van der Waals surface area (Å²) in [5.74, 6) is -0.133. The SMILES string of the molecule is CC(C)C1NC(=O)CCCOc2ccc(cc2)CC(C(O)CF)NC1=O. The molecule has 0 radical (unpaired) electrons. The smallest absolute Gasteiger partial charge is 0.243 e. The minimum atomic E-state index is -1.32. The van der Waals surface area contributed by atoms with Crippen LogP contribution in [0.1, 0.15) is 32.3 Å². The summed E-state index contributed by atoms with van der Waals surface area (Å²) in [5, 5.41) is 15.4. The number of ether oxygens (including phenoxy) is 1. The molecule has 3 rings (SSSR count). The summed E-state index contributed by atoms with van der Waals surface area (Å²) in [6, 6.07) is 5.68. The third-order valence-corrected chi connectivity index (χ3v) is 4.41. The van der Waals surface area contributed by atoms with Crippen LogP contribution in [0.2, 0.25) is 0 Å². The van der Waals surface area contributed by atoms with Crippen molar-refractivity contribution in [2.24, 2.45) is 5.92 Å². The van der Waals surface area contributed by atoms with Crippen LogP contribution in [-0.2, 0) is 16.0 Å². The Morgan fingerprint density at radius 2 is 1.92 bits per heavy atom. The van der Waals surface area contributed by atoms with Gasteiger partial charge in [0.1, 0.15) is 24.6 Å². The van der Waals surface area contributed by atoms with Gasteiger partial charge in [-0.05, 0) is 36.5 Å². The number of amides is 2. The fourth-order valence-electron chi connectivity index (χ4n) is 2.84. The van der Waals surface area contributed by atoms with Gasteiger partial charge in [0.15, 0.2) is 0 Å². The number of hydrogen-bond donors (Lipinski definition) is 3. The number of aliphatic hydroxyl groups is 1. The van der Waals surface area contributed by atoms with Gasteiger partial charge in [0.25, 0.3) is 0 Å². The first kappa shape index (κ1) is 20.2. The van der Waals surface area contributed by atoms with Crippen molar-refractivity contribution >= 4 is 11.8 Å². The van der Waals surface area contributed by atoms with E-state index in [1.54, 1.807) is 12.1 Å². The molecular formula is C19H27FN2O4. The highest BCUT2D eigenvalue weighted by Gasteiger charge is 2.29.